The highest BCUT2D eigenvalue weighted by molar-refractivity contribution is 5.81. The maximum atomic E-state index is 11.7. The fraction of sp³-hybridized carbons (Fsp3) is 0.762. The zero-order valence-electron chi connectivity index (χ0n) is 16.9. The van der Waals surface area contributed by atoms with Gasteiger partial charge in [0.05, 0.1) is 32.2 Å². The molecule has 0 aromatic rings. The molecule has 1 aliphatic carbocycles. The Labute approximate surface area is 167 Å². The smallest absolute Gasteiger partial charge is 0.330 e. The first-order chi connectivity index (χ1) is 13.4. The van der Waals surface area contributed by atoms with Crippen molar-refractivity contribution in [2.45, 2.75) is 83.3 Å². The summed E-state index contributed by atoms with van der Waals surface area (Å²) < 4.78 is 15.4. The fourth-order valence-corrected chi connectivity index (χ4v) is 3.18. The van der Waals surface area contributed by atoms with Gasteiger partial charge in [0.25, 0.3) is 0 Å². The first kappa shape index (κ1) is 24.1. The number of ether oxygens (including phenoxy) is 3. The molecule has 1 saturated carbocycles. The normalized spacial score (nSPS) is 20.1. The van der Waals surface area contributed by atoms with Gasteiger partial charge in [0, 0.05) is 6.08 Å². The Kier molecular flexibility index (Phi) is 12.2. The lowest BCUT2D eigenvalue weighted by Gasteiger charge is -2.24. The Morgan fingerprint density at radius 3 is 2.25 bits per heavy atom. The molecule has 0 aromatic heterocycles. The molecule has 1 aliphatic rings. The SMILES string of the molecule is C=CC(=O)OC(CC)CCCOC(=O)CCC(=O)OCCC1CCC(O)CC1. The Balaban J connectivity index is 2.03. The van der Waals surface area contributed by atoms with Crippen molar-refractivity contribution in [1.29, 1.82) is 0 Å². The maximum absolute atomic E-state index is 11.7. The Bertz CT molecular complexity index is 495. The minimum absolute atomic E-state index is 0.00287. The Morgan fingerprint density at radius 1 is 1.07 bits per heavy atom. The molecule has 1 atom stereocenters. The van der Waals surface area contributed by atoms with E-state index in [9.17, 15) is 19.5 Å². The van der Waals surface area contributed by atoms with E-state index >= 15 is 0 Å². The first-order valence-corrected chi connectivity index (χ1v) is 10.3. The van der Waals surface area contributed by atoms with Gasteiger partial charge in [-0.15, -0.1) is 0 Å². The molecule has 28 heavy (non-hydrogen) atoms. The summed E-state index contributed by atoms with van der Waals surface area (Å²) in [5.74, 6) is -0.785. The van der Waals surface area contributed by atoms with E-state index in [2.05, 4.69) is 6.58 Å². The maximum Gasteiger partial charge on any atom is 0.330 e. The molecule has 0 saturated heterocycles. The molecule has 1 fully saturated rings. The Hall–Kier alpha value is -1.89. The van der Waals surface area contributed by atoms with E-state index in [1.54, 1.807) is 0 Å². The second kappa shape index (κ2) is 14.2. The molecule has 0 aliphatic heterocycles. The zero-order chi connectivity index (χ0) is 20.8. The number of rotatable bonds is 13. The molecule has 7 nitrogen and oxygen atoms in total. The van der Waals surface area contributed by atoms with E-state index in [-0.39, 0.29) is 31.7 Å². The summed E-state index contributed by atoms with van der Waals surface area (Å²) in [5.41, 5.74) is 0. The minimum Gasteiger partial charge on any atom is -0.466 e. The predicted octanol–water partition coefficient (Wildman–Crippen LogP) is 3.08. The van der Waals surface area contributed by atoms with Crippen LogP contribution in [0.2, 0.25) is 0 Å². The van der Waals surface area contributed by atoms with Gasteiger partial charge in [-0.05, 0) is 57.3 Å². The molecule has 0 heterocycles. The van der Waals surface area contributed by atoms with Gasteiger partial charge < -0.3 is 19.3 Å². The third kappa shape index (κ3) is 11.1. The number of hydrogen-bond donors (Lipinski definition) is 1. The molecule has 1 rings (SSSR count). The van der Waals surface area contributed by atoms with Crippen molar-refractivity contribution in [3.63, 3.8) is 0 Å². The van der Waals surface area contributed by atoms with E-state index in [0.717, 1.165) is 38.2 Å². The monoisotopic (exact) mass is 398 g/mol. The highest BCUT2D eigenvalue weighted by atomic mass is 16.5. The summed E-state index contributed by atoms with van der Waals surface area (Å²) in [6, 6.07) is 0. The molecule has 1 unspecified atom stereocenters. The van der Waals surface area contributed by atoms with Gasteiger partial charge in [-0.2, -0.15) is 0 Å². The molecule has 0 bridgehead atoms. The van der Waals surface area contributed by atoms with E-state index in [4.69, 9.17) is 14.2 Å². The predicted molar refractivity (Wildman–Crippen MR) is 103 cm³/mol. The van der Waals surface area contributed by atoms with Crippen LogP contribution in [0, 0.1) is 5.92 Å². The largest absolute Gasteiger partial charge is 0.466 e. The molecule has 160 valence electrons. The van der Waals surface area contributed by atoms with Crippen molar-refractivity contribution in [3.05, 3.63) is 12.7 Å². The van der Waals surface area contributed by atoms with Crippen molar-refractivity contribution in [1.82, 2.24) is 0 Å². The third-order valence-electron chi connectivity index (χ3n) is 4.98. The van der Waals surface area contributed by atoms with Crippen LogP contribution in [0.15, 0.2) is 12.7 Å². The topological polar surface area (TPSA) is 99.1 Å². The highest BCUT2D eigenvalue weighted by Gasteiger charge is 2.19. The number of hydrogen-bond acceptors (Lipinski definition) is 7. The van der Waals surface area contributed by atoms with E-state index in [0.29, 0.717) is 31.8 Å². The standard InChI is InChI=1S/C21H34O7/c1-3-18(28-19(23)4-2)6-5-14-26-20(24)11-12-21(25)27-15-13-16-7-9-17(22)10-8-16/h4,16-18,22H,2-3,5-15H2,1H3. The van der Waals surface area contributed by atoms with Crippen LogP contribution >= 0.6 is 0 Å². The second-order valence-electron chi connectivity index (χ2n) is 7.22. The molecular formula is C21H34O7. The number of aliphatic hydroxyl groups is 1. The lowest BCUT2D eigenvalue weighted by Crippen LogP contribution is -2.20. The van der Waals surface area contributed by atoms with Crippen LogP contribution in [0.5, 0.6) is 0 Å². The number of aliphatic hydroxyl groups excluding tert-OH is 1. The summed E-state index contributed by atoms with van der Waals surface area (Å²) >= 11 is 0. The molecule has 0 amide bonds. The van der Waals surface area contributed by atoms with Crippen molar-refractivity contribution in [2.24, 2.45) is 5.92 Å². The summed E-state index contributed by atoms with van der Waals surface area (Å²) in [6.45, 7) is 5.85. The summed E-state index contributed by atoms with van der Waals surface area (Å²) in [6.07, 6.45) is 6.98. The molecular weight excluding hydrogens is 364 g/mol. The van der Waals surface area contributed by atoms with Gasteiger partial charge in [0.2, 0.25) is 0 Å². The molecule has 7 heteroatoms. The second-order valence-corrected chi connectivity index (χ2v) is 7.22. The summed E-state index contributed by atoms with van der Waals surface area (Å²) in [4.78, 5) is 34.6. The van der Waals surface area contributed by atoms with Crippen molar-refractivity contribution >= 4 is 17.9 Å². The number of carbonyl (C=O) groups is 3. The van der Waals surface area contributed by atoms with Gasteiger partial charge in [-0.1, -0.05) is 13.5 Å². The van der Waals surface area contributed by atoms with E-state index in [1.807, 2.05) is 6.92 Å². The quantitative estimate of drug-likeness (QED) is 0.220. The lowest BCUT2D eigenvalue weighted by atomic mass is 9.86. The fourth-order valence-electron chi connectivity index (χ4n) is 3.18. The van der Waals surface area contributed by atoms with Crippen LogP contribution in [-0.2, 0) is 28.6 Å². The molecule has 1 N–H and O–H groups in total. The van der Waals surface area contributed by atoms with Crippen molar-refractivity contribution in [3.8, 4) is 0 Å². The minimum atomic E-state index is -0.455. The number of esters is 3. The van der Waals surface area contributed by atoms with Crippen molar-refractivity contribution in [2.75, 3.05) is 13.2 Å². The van der Waals surface area contributed by atoms with Crippen LogP contribution in [-0.4, -0.2) is 48.4 Å². The molecule has 0 radical (unpaired) electrons. The van der Waals surface area contributed by atoms with Gasteiger partial charge >= 0.3 is 17.9 Å². The van der Waals surface area contributed by atoms with Gasteiger partial charge in [0.1, 0.15) is 6.10 Å². The molecule has 0 spiro atoms. The lowest BCUT2D eigenvalue weighted by molar-refractivity contribution is -0.151. The van der Waals surface area contributed by atoms with E-state index in [1.165, 1.54) is 0 Å². The van der Waals surface area contributed by atoms with Gasteiger partial charge in [0.15, 0.2) is 0 Å². The van der Waals surface area contributed by atoms with E-state index < -0.39 is 17.9 Å². The molecule has 0 aromatic carbocycles. The Morgan fingerprint density at radius 2 is 1.68 bits per heavy atom. The third-order valence-corrected chi connectivity index (χ3v) is 4.98. The van der Waals surface area contributed by atoms with Crippen LogP contribution in [0.3, 0.4) is 0 Å². The summed E-state index contributed by atoms with van der Waals surface area (Å²) in [5, 5.41) is 9.47. The highest BCUT2D eigenvalue weighted by Crippen LogP contribution is 2.26. The number of carbonyl (C=O) groups excluding carboxylic acids is 3. The van der Waals surface area contributed by atoms with Gasteiger partial charge in [-0.25, -0.2) is 4.79 Å². The van der Waals surface area contributed by atoms with Crippen LogP contribution < -0.4 is 0 Å². The van der Waals surface area contributed by atoms with Crippen LogP contribution in [0.4, 0.5) is 0 Å². The first-order valence-electron chi connectivity index (χ1n) is 10.3. The average molecular weight is 398 g/mol. The average Bonchev–Trinajstić information content (AvgIpc) is 2.69. The van der Waals surface area contributed by atoms with Crippen LogP contribution in [0.1, 0.15) is 71.1 Å². The van der Waals surface area contributed by atoms with Crippen LogP contribution in [0.25, 0.3) is 0 Å². The van der Waals surface area contributed by atoms with Gasteiger partial charge in [-0.3, -0.25) is 9.59 Å². The zero-order valence-corrected chi connectivity index (χ0v) is 16.9. The summed E-state index contributed by atoms with van der Waals surface area (Å²) in [7, 11) is 0. The van der Waals surface area contributed by atoms with Crippen molar-refractivity contribution < 1.29 is 33.7 Å².